The molecule has 0 bridgehead atoms. The molecular weight excluding hydrogens is 370 g/mol. The highest BCUT2D eigenvalue weighted by atomic mass is 35.5. The van der Waals surface area contributed by atoms with Crippen LogP contribution in [0.2, 0.25) is 5.02 Å². The minimum atomic E-state index is -0.515. The van der Waals surface area contributed by atoms with Crippen LogP contribution in [0.1, 0.15) is 28.4 Å². The van der Waals surface area contributed by atoms with Crippen LogP contribution in [0.25, 0.3) is 6.08 Å². The highest BCUT2D eigenvalue weighted by Crippen LogP contribution is 2.36. The Bertz CT molecular complexity index is 846. The first kappa shape index (κ1) is 20.3. The average Bonchev–Trinajstić information content (AvgIpc) is 2.65. The molecule has 0 heterocycles. The summed E-state index contributed by atoms with van der Waals surface area (Å²) in [5, 5.41) is 0.381. The molecule has 6 nitrogen and oxygen atoms in total. The Morgan fingerprint density at radius 3 is 2.48 bits per heavy atom. The molecule has 0 saturated heterocycles. The predicted molar refractivity (Wildman–Crippen MR) is 103 cm³/mol. The van der Waals surface area contributed by atoms with Crippen molar-refractivity contribution in [2.45, 2.75) is 13.5 Å². The molecule has 2 aromatic rings. The molecule has 0 atom stereocenters. The van der Waals surface area contributed by atoms with E-state index in [1.165, 1.54) is 13.2 Å². The van der Waals surface area contributed by atoms with Gasteiger partial charge in [-0.1, -0.05) is 23.7 Å². The Morgan fingerprint density at radius 2 is 1.89 bits per heavy atom. The van der Waals surface area contributed by atoms with Crippen LogP contribution in [-0.4, -0.2) is 25.6 Å². The molecule has 0 spiro atoms. The number of benzene rings is 2. The van der Waals surface area contributed by atoms with Gasteiger partial charge in [0.2, 0.25) is 5.91 Å². The van der Waals surface area contributed by atoms with Crippen LogP contribution in [0.15, 0.2) is 42.5 Å². The number of esters is 1. The smallest absolute Gasteiger partial charge is 0.331 e. The number of halogens is 1. The van der Waals surface area contributed by atoms with E-state index in [0.29, 0.717) is 34.3 Å². The highest BCUT2D eigenvalue weighted by Gasteiger charge is 2.10. The van der Waals surface area contributed by atoms with Crippen molar-refractivity contribution in [2.24, 2.45) is 5.73 Å². The van der Waals surface area contributed by atoms with E-state index >= 15 is 0 Å². The fourth-order valence-corrected chi connectivity index (χ4v) is 2.57. The molecule has 0 radical (unpaired) electrons. The third kappa shape index (κ3) is 5.76. The number of methoxy groups -OCH3 is 1. The number of hydrogen-bond donors (Lipinski definition) is 1. The first-order valence-corrected chi connectivity index (χ1v) is 8.56. The van der Waals surface area contributed by atoms with Gasteiger partial charge in [0.05, 0.1) is 18.7 Å². The van der Waals surface area contributed by atoms with E-state index < -0.39 is 11.9 Å². The lowest BCUT2D eigenvalue weighted by Crippen LogP contribution is -2.10. The fraction of sp³-hybridized carbons (Fsp3) is 0.200. The molecule has 0 aliphatic heterocycles. The Hall–Kier alpha value is -2.99. The molecule has 1 amide bonds. The second-order valence-electron chi connectivity index (χ2n) is 5.47. The summed E-state index contributed by atoms with van der Waals surface area (Å²) in [6.07, 6.45) is 2.87. The molecule has 0 fully saturated rings. The van der Waals surface area contributed by atoms with Crippen LogP contribution < -0.4 is 15.2 Å². The Kier molecular flexibility index (Phi) is 7.25. The van der Waals surface area contributed by atoms with Gasteiger partial charge in [-0.15, -0.1) is 0 Å². The molecule has 27 heavy (non-hydrogen) atoms. The Balaban J connectivity index is 2.00. The maximum Gasteiger partial charge on any atom is 0.331 e. The van der Waals surface area contributed by atoms with Gasteiger partial charge >= 0.3 is 5.97 Å². The molecule has 7 heteroatoms. The minimum absolute atomic E-state index is 0.0791. The Morgan fingerprint density at radius 1 is 1.19 bits per heavy atom. The molecule has 2 aromatic carbocycles. The van der Waals surface area contributed by atoms with E-state index in [0.717, 1.165) is 5.56 Å². The van der Waals surface area contributed by atoms with Crippen LogP contribution >= 0.6 is 11.6 Å². The largest absolute Gasteiger partial charge is 0.491 e. The van der Waals surface area contributed by atoms with Gasteiger partial charge in [0.1, 0.15) is 6.61 Å². The molecule has 0 saturated carbocycles. The topological polar surface area (TPSA) is 87.9 Å². The third-order valence-electron chi connectivity index (χ3n) is 3.57. The number of hydrogen-bond acceptors (Lipinski definition) is 5. The third-order valence-corrected chi connectivity index (χ3v) is 3.85. The summed E-state index contributed by atoms with van der Waals surface area (Å²) in [6.45, 7) is 2.38. The van der Waals surface area contributed by atoms with E-state index in [4.69, 9.17) is 31.5 Å². The van der Waals surface area contributed by atoms with Gasteiger partial charge < -0.3 is 19.9 Å². The summed E-state index contributed by atoms with van der Waals surface area (Å²) in [7, 11) is 1.51. The van der Waals surface area contributed by atoms with Gasteiger partial charge in [0.25, 0.3) is 0 Å². The van der Waals surface area contributed by atoms with Crippen molar-refractivity contribution in [3.05, 3.63) is 64.2 Å². The van der Waals surface area contributed by atoms with Crippen molar-refractivity contribution in [3.63, 3.8) is 0 Å². The molecule has 0 aliphatic rings. The van der Waals surface area contributed by atoms with Crippen molar-refractivity contribution < 1.29 is 23.8 Å². The maximum atomic E-state index is 11.9. The monoisotopic (exact) mass is 389 g/mol. The molecular formula is C20H20ClNO5. The molecule has 142 valence electrons. The zero-order chi connectivity index (χ0) is 19.8. The molecule has 0 aromatic heterocycles. The second kappa shape index (κ2) is 9.64. The van der Waals surface area contributed by atoms with Gasteiger partial charge in [-0.05, 0) is 48.4 Å². The standard InChI is InChI=1S/C20H20ClNO5/c1-3-26-17-11-14(10-16(21)19(17)25-2)6-9-18(23)27-12-13-4-7-15(8-5-13)20(22)24/h4-11H,3,12H2,1-2H3,(H2,22,24)/b9-6+. The quantitative estimate of drug-likeness (QED) is 0.550. The van der Waals surface area contributed by atoms with E-state index in [2.05, 4.69) is 0 Å². The lowest BCUT2D eigenvalue weighted by Gasteiger charge is -2.11. The summed E-state index contributed by atoms with van der Waals surface area (Å²) in [5.41, 5.74) is 6.99. The number of carbonyl (C=O) groups is 2. The van der Waals surface area contributed by atoms with Gasteiger partial charge in [0.15, 0.2) is 11.5 Å². The normalized spacial score (nSPS) is 10.6. The molecule has 0 aliphatic carbocycles. The number of nitrogens with two attached hydrogens (primary N) is 1. The molecule has 2 N–H and O–H groups in total. The SMILES string of the molecule is CCOc1cc(/C=C/C(=O)OCc2ccc(C(N)=O)cc2)cc(Cl)c1OC. The predicted octanol–water partition coefficient (Wildman–Crippen LogP) is 3.60. The van der Waals surface area contributed by atoms with Crippen molar-refractivity contribution in [3.8, 4) is 11.5 Å². The van der Waals surface area contributed by atoms with Crippen molar-refractivity contribution in [2.75, 3.05) is 13.7 Å². The Labute approximate surface area is 162 Å². The summed E-state index contributed by atoms with van der Waals surface area (Å²) >= 11 is 6.17. The summed E-state index contributed by atoms with van der Waals surface area (Å²) in [5.74, 6) is -0.0855. The summed E-state index contributed by atoms with van der Waals surface area (Å²) < 4.78 is 15.9. The summed E-state index contributed by atoms with van der Waals surface area (Å²) in [6, 6.07) is 9.89. The summed E-state index contributed by atoms with van der Waals surface area (Å²) in [4.78, 5) is 22.9. The number of rotatable bonds is 8. The lowest BCUT2D eigenvalue weighted by molar-refractivity contribution is -0.138. The van der Waals surface area contributed by atoms with E-state index in [-0.39, 0.29) is 6.61 Å². The van der Waals surface area contributed by atoms with E-state index in [9.17, 15) is 9.59 Å². The van der Waals surface area contributed by atoms with Crippen LogP contribution in [0.5, 0.6) is 11.5 Å². The second-order valence-corrected chi connectivity index (χ2v) is 5.88. The molecule has 0 unspecified atom stereocenters. The van der Waals surface area contributed by atoms with Gasteiger partial charge in [-0.3, -0.25) is 4.79 Å². The van der Waals surface area contributed by atoms with Crippen molar-refractivity contribution in [1.29, 1.82) is 0 Å². The zero-order valence-electron chi connectivity index (χ0n) is 15.0. The van der Waals surface area contributed by atoms with Crippen LogP contribution in [0.4, 0.5) is 0 Å². The minimum Gasteiger partial charge on any atom is -0.491 e. The zero-order valence-corrected chi connectivity index (χ0v) is 15.8. The maximum absolute atomic E-state index is 11.9. The fourth-order valence-electron chi connectivity index (χ4n) is 2.28. The van der Waals surface area contributed by atoms with Crippen molar-refractivity contribution >= 4 is 29.6 Å². The van der Waals surface area contributed by atoms with E-state index in [1.807, 2.05) is 6.92 Å². The molecule has 2 rings (SSSR count). The lowest BCUT2D eigenvalue weighted by atomic mass is 10.1. The van der Waals surface area contributed by atoms with Gasteiger partial charge in [0, 0.05) is 11.6 Å². The number of amides is 1. The highest BCUT2D eigenvalue weighted by molar-refractivity contribution is 6.32. The van der Waals surface area contributed by atoms with Crippen molar-refractivity contribution in [1.82, 2.24) is 0 Å². The van der Waals surface area contributed by atoms with Gasteiger partial charge in [-0.2, -0.15) is 0 Å². The average molecular weight is 390 g/mol. The number of primary amides is 1. The number of ether oxygens (including phenoxy) is 3. The first-order valence-electron chi connectivity index (χ1n) is 8.18. The van der Waals surface area contributed by atoms with Crippen LogP contribution in [-0.2, 0) is 16.1 Å². The first-order chi connectivity index (χ1) is 12.9. The van der Waals surface area contributed by atoms with E-state index in [1.54, 1.807) is 42.5 Å². The van der Waals surface area contributed by atoms with Crippen LogP contribution in [0, 0.1) is 0 Å². The number of carbonyl (C=O) groups excluding carboxylic acids is 2. The van der Waals surface area contributed by atoms with Gasteiger partial charge in [-0.25, -0.2) is 4.79 Å². The van der Waals surface area contributed by atoms with Crippen LogP contribution in [0.3, 0.4) is 0 Å².